The van der Waals surface area contributed by atoms with Crippen LogP contribution in [-0.4, -0.2) is 54.0 Å². The van der Waals surface area contributed by atoms with Gasteiger partial charge in [-0.15, -0.1) is 12.4 Å². The largest absolute Gasteiger partial charge is 0.353 e. The number of carbonyl (C=O) groups is 3. The van der Waals surface area contributed by atoms with Gasteiger partial charge < -0.3 is 16.0 Å². The number of hydrogen-bond donors (Lipinski definition) is 3. The number of imide groups is 1. The Morgan fingerprint density at radius 2 is 1.91 bits per heavy atom. The Morgan fingerprint density at radius 3 is 2.52 bits per heavy atom. The van der Waals surface area contributed by atoms with Crippen LogP contribution in [0.4, 0.5) is 4.79 Å². The van der Waals surface area contributed by atoms with Crippen molar-refractivity contribution in [2.24, 2.45) is 0 Å². The van der Waals surface area contributed by atoms with Crippen LogP contribution in [0.1, 0.15) is 46.0 Å². The fourth-order valence-electron chi connectivity index (χ4n) is 3.15. The molecule has 23 heavy (non-hydrogen) atoms. The van der Waals surface area contributed by atoms with Gasteiger partial charge in [0.1, 0.15) is 11.6 Å². The summed E-state index contributed by atoms with van der Waals surface area (Å²) in [7, 11) is 0. The molecule has 1 heterocycles. The van der Waals surface area contributed by atoms with Crippen molar-refractivity contribution >= 4 is 30.3 Å². The van der Waals surface area contributed by atoms with Gasteiger partial charge in [0.05, 0.1) is 0 Å². The molecule has 1 aliphatic carbocycles. The van der Waals surface area contributed by atoms with Crippen LogP contribution in [0.25, 0.3) is 0 Å². The maximum absolute atomic E-state index is 12.6. The van der Waals surface area contributed by atoms with E-state index in [1.165, 1.54) is 0 Å². The van der Waals surface area contributed by atoms with Gasteiger partial charge in [0, 0.05) is 13.1 Å². The molecule has 7 nitrogen and oxygen atoms in total. The maximum atomic E-state index is 12.6. The second kappa shape index (κ2) is 8.49. The third kappa shape index (κ3) is 4.14. The van der Waals surface area contributed by atoms with Crippen LogP contribution in [-0.2, 0) is 9.59 Å². The van der Waals surface area contributed by atoms with Crippen molar-refractivity contribution in [2.75, 3.05) is 19.6 Å². The topological polar surface area (TPSA) is 90.5 Å². The first-order chi connectivity index (χ1) is 10.5. The normalized spacial score (nSPS) is 20.3. The molecule has 0 aromatic rings. The minimum atomic E-state index is -0.779. The van der Waals surface area contributed by atoms with E-state index in [4.69, 9.17) is 0 Å². The highest BCUT2D eigenvalue weighted by Crippen LogP contribution is 2.35. The van der Waals surface area contributed by atoms with Gasteiger partial charge in [-0.25, -0.2) is 9.69 Å². The molecule has 132 valence electrons. The van der Waals surface area contributed by atoms with Crippen LogP contribution >= 0.6 is 12.4 Å². The number of nitrogens with one attached hydrogen (secondary N) is 3. The lowest BCUT2D eigenvalue weighted by atomic mass is 9.97. The van der Waals surface area contributed by atoms with E-state index in [-0.39, 0.29) is 24.2 Å². The highest BCUT2D eigenvalue weighted by atomic mass is 35.5. The number of nitrogens with zero attached hydrogens (tertiary/aromatic N) is 1. The molecule has 1 saturated heterocycles. The molecular formula is C15H27ClN4O3. The summed E-state index contributed by atoms with van der Waals surface area (Å²) in [6.07, 6.45) is 4.24. The van der Waals surface area contributed by atoms with E-state index in [0.29, 0.717) is 25.9 Å². The Labute approximate surface area is 143 Å². The summed E-state index contributed by atoms with van der Waals surface area (Å²) in [5.74, 6) is -0.543. The van der Waals surface area contributed by atoms with E-state index in [1.54, 1.807) is 6.92 Å². The zero-order valence-electron chi connectivity index (χ0n) is 13.8. The van der Waals surface area contributed by atoms with E-state index in [1.807, 2.05) is 0 Å². The molecule has 1 aliphatic heterocycles. The van der Waals surface area contributed by atoms with E-state index < -0.39 is 17.6 Å². The lowest BCUT2D eigenvalue weighted by Gasteiger charge is -2.23. The standard InChI is InChI=1S/C15H26N4O3.ClH/c1-3-8-16-9-10-17-12(20)11(2)19-13(21)15(18-14(19)22)6-4-5-7-15;/h11,16H,3-10H2,1-2H3,(H,17,20)(H,18,22);1H. The molecule has 1 atom stereocenters. The molecule has 1 spiro atoms. The molecule has 8 heteroatoms. The van der Waals surface area contributed by atoms with Crippen LogP contribution in [0.15, 0.2) is 0 Å². The monoisotopic (exact) mass is 346 g/mol. The van der Waals surface area contributed by atoms with E-state index >= 15 is 0 Å². The van der Waals surface area contributed by atoms with Gasteiger partial charge in [-0.2, -0.15) is 0 Å². The predicted octanol–water partition coefficient (Wildman–Crippen LogP) is 0.777. The van der Waals surface area contributed by atoms with Crippen molar-refractivity contribution in [3.05, 3.63) is 0 Å². The van der Waals surface area contributed by atoms with Crippen molar-refractivity contribution in [3.63, 3.8) is 0 Å². The summed E-state index contributed by atoms with van der Waals surface area (Å²) in [6.45, 7) is 5.74. The van der Waals surface area contributed by atoms with Crippen LogP contribution < -0.4 is 16.0 Å². The van der Waals surface area contributed by atoms with E-state index in [2.05, 4.69) is 22.9 Å². The SMILES string of the molecule is CCCNCCNC(=O)C(C)N1C(=O)NC2(CCCC2)C1=O.Cl. The van der Waals surface area contributed by atoms with Gasteiger partial charge in [-0.05, 0) is 32.7 Å². The summed E-state index contributed by atoms with van der Waals surface area (Å²) in [6, 6.07) is -1.22. The summed E-state index contributed by atoms with van der Waals surface area (Å²) >= 11 is 0. The molecule has 1 saturated carbocycles. The lowest BCUT2D eigenvalue weighted by Crippen LogP contribution is -2.50. The molecular weight excluding hydrogens is 320 g/mol. The molecule has 2 aliphatic rings. The molecule has 2 fully saturated rings. The first-order valence-corrected chi connectivity index (χ1v) is 8.16. The van der Waals surface area contributed by atoms with Crippen molar-refractivity contribution in [2.45, 2.75) is 57.5 Å². The summed E-state index contributed by atoms with van der Waals surface area (Å²) in [4.78, 5) is 37.9. The molecule has 2 rings (SSSR count). The van der Waals surface area contributed by atoms with Crippen molar-refractivity contribution < 1.29 is 14.4 Å². The van der Waals surface area contributed by atoms with Crippen LogP contribution in [0, 0.1) is 0 Å². The fraction of sp³-hybridized carbons (Fsp3) is 0.800. The summed E-state index contributed by atoms with van der Waals surface area (Å²) < 4.78 is 0. The van der Waals surface area contributed by atoms with Crippen LogP contribution in [0.3, 0.4) is 0 Å². The second-order valence-electron chi connectivity index (χ2n) is 6.11. The van der Waals surface area contributed by atoms with E-state index in [0.717, 1.165) is 30.7 Å². The second-order valence-corrected chi connectivity index (χ2v) is 6.11. The van der Waals surface area contributed by atoms with Gasteiger partial charge in [-0.3, -0.25) is 9.59 Å². The zero-order valence-corrected chi connectivity index (χ0v) is 14.6. The minimum Gasteiger partial charge on any atom is -0.353 e. The lowest BCUT2D eigenvalue weighted by molar-refractivity contribution is -0.137. The number of hydrogen-bond acceptors (Lipinski definition) is 4. The number of urea groups is 1. The zero-order chi connectivity index (χ0) is 16.2. The predicted molar refractivity (Wildman–Crippen MR) is 89.5 cm³/mol. The van der Waals surface area contributed by atoms with Gasteiger partial charge in [-0.1, -0.05) is 19.8 Å². The van der Waals surface area contributed by atoms with E-state index in [9.17, 15) is 14.4 Å². The molecule has 4 amide bonds. The van der Waals surface area contributed by atoms with Crippen LogP contribution in [0.5, 0.6) is 0 Å². The molecule has 0 radical (unpaired) electrons. The Hall–Kier alpha value is -1.34. The minimum absolute atomic E-state index is 0. The third-order valence-corrected chi connectivity index (χ3v) is 4.44. The van der Waals surface area contributed by atoms with Gasteiger partial charge in [0.25, 0.3) is 5.91 Å². The average Bonchev–Trinajstić information content (AvgIpc) is 3.04. The quantitative estimate of drug-likeness (QED) is 0.469. The average molecular weight is 347 g/mol. The smallest absolute Gasteiger partial charge is 0.325 e. The third-order valence-electron chi connectivity index (χ3n) is 4.44. The highest BCUT2D eigenvalue weighted by molar-refractivity contribution is 6.09. The molecule has 0 aromatic heterocycles. The number of halogens is 1. The Kier molecular flexibility index (Phi) is 7.28. The number of rotatable bonds is 7. The summed E-state index contributed by atoms with van der Waals surface area (Å²) in [5.41, 5.74) is -0.756. The number of carbonyl (C=O) groups excluding carboxylic acids is 3. The van der Waals surface area contributed by atoms with Crippen molar-refractivity contribution in [1.29, 1.82) is 0 Å². The first kappa shape index (κ1) is 19.7. The molecule has 1 unspecified atom stereocenters. The number of amides is 4. The summed E-state index contributed by atoms with van der Waals surface area (Å²) in [5, 5.41) is 8.74. The van der Waals surface area contributed by atoms with Gasteiger partial charge in [0.15, 0.2) is 0 Å². The first-order valence-electron chi connectivity index (χ1n) is 8.16. The maximum Gasteiger partial charge on any atom is 0.325 e. The van der Waals surface area contributed by atoms with Crippen LogP contribution in [0.2, 0.25) is 0 Å². The fourth-order valence-corrected chi connectivity index (χ4v) is 3.15. The molecule has 3 N–H and O–H groups in total. The van der Waals surface area contributed by atoms with Gasteiger partial charge >= 0.3 is 6.03 Å². The molecule has 0 aromatic carbocycles. The van der Waals surface area contributed by atoms with Crippen molar-refractivity contribution in [1.82, 2.24) is 20.9 Å². The van der Waals surface area contributed by atoms with Gasteiger partial charge in [0.2, 0.25) is 5.91 Å². The Bertz CT molecular complexity index is 452. The van der Waals surface area contributed by atoms with Crippen molar-refractivity contribution in [3.8, 4) is 0 Å². The highest BCUT2D eigenvalue weighted by Gasteiger charge is 2.54. The Morgan fingerprint density at radius 1 is 1.26 bits per heavy atom. The Balaban J connectivity index is 0.00000264. The molecule has 0 bridgehead atoms.